The van der Waals surface area contributed by atoms with Crippen LogP contribution in [0.25, 0.3) is 0 Å². The quantitative estimate of drug-likeness (QED) is 0.766. The molecule has 1 spiro atoms. The Labute approximate surface area is 179 Å². The van der Waals surface area contributed by atoms with E-state index >= 15 is 4.39 Å². The Morgan fingerprint density at radius 1 is 1.20 bits per heavy atom. The summed E-state index contributed by atoms with van der Waals surface area (Å²) in [5.41, 5.74) is 1.24. The van der Waals surface area contributed by atoms with Gasteiger partial charge in [0, 0.05) is 69.9 Å². The monoisotopic (exact) mass is 416 g/mol. The second kappa shape index (κ2) is 7.88. The van der Waals surface area contributed by atoms with E-state index in [1.165, 1.54) is 0 Å². The highest BCUT2D eigenvalue weighted by Gasteiger charge is 2.50. The summed E-state index contributed by atoms with van der Waals surface area (Å²) in [5.74, 6) is 0.0233. The first-order valence-electron chi connectivity index (χ1n) is 11.8. The van der Waals surface area contributed by atoms with Gasteiger partial charge in [0.15, 0.2) is 11.5 Å². The summed E-state index contributed by atoms with van der Waals surface area (Å²) in [5, 5.41) is 3.48. The summed E-state index contributed by atoms with van der Waals surface area (Å²) in [4.78, 5) is 15.3. The van der Waals surface area contributed by atoms with Gasteiger partial charge < -0.3 is 15.0 Å². The molecule has 164 valence electrons. The van der Waals surface area contributed by atoms with Crippen molar-refractivity contribution in [1.29, 1.82) is 0 Å². The maximum Gasteiger partial charge on any atom is 0.233 e. The van der Waals surface area contributed by atoms with E-state index in [9.17, 15) is 4.79 Å². The number of piperidine rings is 1. The number of hydrogen-bond donors (Lipinski definition) is 1. The van der Waals surface area contributed by atoms with Crippen LogP contribution in [0.4, 0.5) is 15.8 Å². The fraction of sp³-hybridized carbons (Fsp3) is 0.708. The number of carbonyl (C=O) groups excluding carboxylic acids is 1. The minimum Gasteiger partial charge on any atom is -0.381 e. The van der Waals surface area contributed by atoms with Crippen LogP contribution in [0.5, 0.6) is 0 Å². The molecule has 1 N–H and O–H groups in total. The SMILES string of the molecule is CC1CCC[N+]1(c1ccc(N2CCCC3(CCOCC3)C2=O)cc1F)C1CCNC1. The molecule has 0 bridgehead atoms. The van der Waals surface area contributed by atoms with Gasteiger partial charge >= 0.3 is 0 Å². The molecule has 4 fully saturated rings. The molecule has 3 unspecified atom stereocenters. The first kappa shape index (κ1) is 20.4. The van der Waals surface area contributed by atoms with E-state index in [0.29, 0.717) is 31.8 Å². The highest BCUT2D eigenvalue weighted by atomic mass is 19.1. The van der Waals surface area contributed by atoms with E-state index in [-0.39, 0.29) is 17.1 Å². The number of rotatable bonds is 3. The molecule has 4 heterocycles. The zero-order valence-corrected chi connectivity index (χ0v) is 18.2. The van der Waals surface area contributed by atoms with Crippen molar-refractivity contribution in [3.63, 3.8) is 0 Å². The molecule has 30 heavy (non-hydrogen) atoms. The maximum atomic E-state index is 15.7. The van der Waals surface area contributed by atoms with Crippen LogP contribution in [-0.2, 0) is 9.53 Å². The van der Waals surface area contributed by atoms with Crippen LogP contribution in [0.3, 0.4) is 0 Å². The van der Waals surface area contributed by atoms with Crippen molar-refractivity contribution in [3.05, 3.63) is 24.0 Å². The van der Waals surface area contributed by atoms with Crippen LogP contribution in [0.1, 0.15) is 51.9 Å². The third-order valence-corrected chi connectivity index (χ3v) is 8.50. The Morgan fingerprint density at radius 2 is 2.03 bits per heavy atom. The van der Waals surface area contributed by atoms with Crippen molar-refractivity contribution in [3.8, 4) is 0 Å². The molecule has 3 atom stereocenters. The second-order valence-corrected chi connectivity index (χ2v) is 9.88. The van der Waals surface area contributed by atoms with Crippen molar-refractivity contribution >= 4 is 17.3 Å². The van der Waals surface area contributed by atoms with Gasteiger partial charge in [0.25, 0.3) is 0 Å². The summed E-state index contributed by atoms with van der Waals surface area (Å²) < 4.78 is 22.0. The van der Waals surface area contributed by atoms with Crippen molar-refractivity contribution in [2.75, 3.05) is 44.3 Å². The predicted molar refractivity (Wildman–Crippen MR) is 117 cm³/mol. The van der Waals surface area contributed by atoms with Gasteiger partial charge in [-0.3, -0.25) is 9.28 Å². The number of nitrogens with one attached hydrogen (secondary N) is 1. The smallest absolute Gasteiger partial charge is 0.233 e. The zero-order chi connectivity index (χ0) is 20.8. The minimum absolute atomic E-state index is 0.146. The molecule has 0 aliphatic carbocycles. The summed E-state index contributed by atoms with van der Waals surface area (Å²) >= 11 is 0. The molecular formula is C24H35FN3O2+. The van der Waals surface area contributed by atoms with E-state index in [0.717, 1.165) is 80.4 Å². The Balaban J connectivity index is 1.46. The Morgan fingerprint density at radius 3 is 2.70 bits per heavy atom. The van der Waals surface area contributed by atoms with Crippen LogP contribution in [0.2, 0.25) is 0 Å². The molecule has 0 radical (unpaired) electrons. The lowest BCUT2D eigenvalue weighted by molar-refractivity contribution is -0.136. The lowest BCUT2D eigenvalue weighted by atomic mass is 9.73. The van der Waals surface area contributed by atoms with Gasteiger partial charge in [-0.1, -0.05) is 0 Å². The topological polar surface area (TPSA) is 41.6 Å². The molecular weight excluding hydrogens is 381 g/mol. The molecule has 1 aromatic carbocycles. The molecule has 5 rings (SSSR count). The van der Waals surface area contributed by atoms with E-state index in [2.05, 4.69) is 12.2 Å². The fourth-order valence-electron chi connectivity index (χ4n) is 6.77. The number of halogens is 1. The van der Waals surface area contributed by atoms with E-state index < -0.39 is 0 Å². The van der Waals surface area contributed by atoms with Gasteiger partial charge in [-0.15, -0.1) is 0 Å². The molecule has 1 amide bonds. The fourth-order valence-corrected chi connectivity index (χ4v) is 6.77. The van der Waals surface area contributed by atoms with E-state index in [4.69, 9.17) is 4.74 Å². The van der Waals surface area contributed by atoms with E-state index in [1.807, 2.05) is 17.0 Å². The Hall–Kier alpha value is -1.50. The Kier molecular flexibility index (Phi) is 5.36. The molecule has 4 saturated heterocycles. The third kappa shape index (κ3) is 3.10. The number of nitrogens with zero attached hydrogens (tertiary/aromatic N) is 2. The number of likely N-dealkylation sites (tertiary alicyclic amines) is 1. The zero-order valence-electron chi connectivity index (χ0n) is 18.2. The lowest BCUT2D eigenvalue weighted by Gasteiger charge is -2.45. The third-order valence-electron chi connectivity index (χ3n) is 8.50. The van der Waals surface area contributed by atoms with Crippen LogP contribution in [0, 0.1) is 11.2 Å². The lowest BCUT2D eigenvalue weighted by Crippen LogP contribution is -2.60. The number of anilines is 1. The van der Waals surface area contributed by atoms with Crippen LogP contribution in [-0.4, -0.2) is 57.4 Å². The average molecular weight is 417 g/mol. The van der Waals surface area contributed by atoms with Gasteiger partial charge in [-0.2, -0.15) is 0 Å². The molecule has 5 nitrogen and oxygen atoms in total. The second-order valence-electron chi connectivity index (χ2n) is 9.88. The van der Waals surface area contributed by atoms with Gasteiger partial charge in [-0.25, -0.2) is 4.39 Å². The maximum absolute atomic E-state index is 15.7. The number of carbonyl (C=O) groups is 1. The van der Waals surface area contributed by atoms with Crippen molar-refractivity contribution in [1.82, 2.24) is 9.80 Å². The summed E-state index contributed by atoms with van der Waals surface area (Å²) in [6.07, 6.45) is 6.87. The summed E-state index contributed by atoms with van der Waals surface area (Å²) in [6.45, 7) is 7.26. The highest BCUT2D eigenvalue weighted by Crippen LogP contribution is 2.44. The standard InChI is InChI=1S/C24H35FN3O2/c1-18-4-2-13-28(18,20-7-11-26-17-20)22-6-5-19(16-21(22)25)27-12-3-8-24(23(27)29)9-14-30-15-10-24/h5-6,16,18,20,26H,2-4,7-15,17H2,1H3/q+1. The normalized spacial score (nSPS) is 34.1. The number of amides is 1. The number of benzene rings is 1. The molecule has 4 aliphatic heterocycles. The molecule has 0 aromatic heterocycles. The molecule has 0 saturated carbocycles. The number of quaternary nitrogens is 1. The highest BCUT2D eigenvalue weighted by molar-refractivity contribution is 5.98. The average Bonchev–Trinajstić information content (AvgIpc) is 3.41. The first-order valence-corrected chi connectivity index (χ1v) is 11.8. The molecule has 4 aliphatic rings. The largest absolute Gasteiger partial charge is 0.381 e. The Bertz CT molecular complexity index is 798. The molecule has 1 aromatic rings. The summed E-state index contributed by atoms with van der Waals surface area (Å²) in [6, 6.07) is 6.49. The number of hydrogen-bond acceptors (Lipinski definition) is 3. The van der Waals surface area contributed by atoms with Crippen molar-refractivity contribution < 1.29 is 13.9 Å². The summed E-state index contributed by atoms with van der Waals surface area (Å²) in [7, 11) is 0. The van der Waals surface area contributed by atoms with E-state index in [1.54, 1.807) is 6.07 Å². The van der Waals surface area contributed by atoms with Gasteiger partial charge in [0.2, 0.25) is 5.91 Å². The predicted octanol–water partition coefficient (Wildman–Crippen LogP) is 3.60. The molecule has 6 heteroatoms. The van der Waals surface area contributed by atoms with Crippen LogP contribution >= 0.6 is 0 Å². The van der Waals surface area contributed by atoms with Gasteiger partial charge in [-0.05, 0) is 38.7 Å². The van der Waals surface area contributed by atoms with Gasteiger partial charge in [0.1, 0.15) is 6.04 Å². The minimum atomic E-state index is -0.307. The van der Waals surface area contributed by atoms with Gasteiger partial charge in [0.05, 0.1) is 18.0 Å². The van der Waals surface area contributed by atoms with Crippen LogP contribution < -0.4 is 14.7 Å². The van der Waals surface area contributed by atoms with Crippen molar-refractivity contribution in [2.45, 2.75) is 64.0 Å². The van der Waals surface area contributed by atoms with Crippen molar-refractivity contribution in [2.24, 2.45) is 5.41 Å². The van der Waals surface area contributed by atoms with Crippen LogP contribution in [0.15, 0.2) is 18.2 Å². The first-order chi connectivity index (χ1) is 14.6. The number of ether oxygens (including phenoxy) is 1.